The average molecular weight is 253 g/mol. The monoisotopic (exact) mass is 252 g/mol. The van der Waals surface area contributed by atoms with Gasteiger partial charge in [-0.2, -0.15) is 5.10 Å². The van der Waals surface area contributed by atoms with E-state index in [2.05, 4.69) is 35.8 Å². The minimum absolute atomic E-state index is 0.238. The number of nitrogens with zero attached hydrogens (tertiary/aromatic N) is 2. The summed E-state index contributed by atoms with van der Waals surface area (Å²) in [6, 6.07) is 2.24. The molecule has 2 rings (SSSR count). The number of rotatable bonds is 4. The van der Waals surface area contributed by atoms with Gasteiger partial charge in [-0.3, -0.25) is 4.68 Å². The fourth-order valence-corrected chi connectivity index (χ4v) is 2.76. The van der Waals surface area contributed by atoms with E-state index < -0.39 is 0 Å². The highest BCUT2D eigenvalue weighted by molar-refractivity contribution is 6.21. The lowest BCUT2D eigenvalue weighted by atomic mass is 9.95. The van der Waals surface area contributed by atoms with Crippen LogP contribution in [-0.2, 0) is 19.4 Å². The maximum absolute atomic E-state index is 6.18. The zero-order valence-corrected chi connectivity index (χ0v) is 11.5. The molecule has 17 heavy (non-hydrogen) atoms. The third kappa shape index (κ3) is 3.12. The van der Waals surface area contributed by atoms with Crippen LogP contribution in [0.25, 0.3) is 0 Å². The number of hydrogen-bond acceptors (Lipinski definition) is 1. The van der Waals surface area contributed by atoms with E-state index in [1.54, 1.807) is 0 Å². The standard InChI is InChI=1S/C14H21ClN2/c1-3-13-10-14(17(4-2)16-13)9-11-6-5-7-12(15)8-11/h8,10,12H,3-7,9H2,1-2H3. The second-order valence-corrected chi connectivity index (χ2v) is 5.27. The van der Waals surface area contributed by atoms with E-state index in [1.807, 2.05) is 0 Å². The molecule has 0 saturated heterocycles. The molecule has 0 N–H and O–H groups in total. The fraction of sp³-hybridized carbons (Fsp3) is 0.643. The molecule has 0 bridgehead atoms. The van der Waals surface area contributed by atoms with Crippen molar-refractivity contribution in [1.82, 2.24) is 9.78 Å². The molecule has 1 aromatic rings. The zero-order valence-electron chi connectivity index (χ0n) is 10.7. The maximum Gasteiger partial charge on any atom is 0.0624 e. The second kappa shape index (κ2) is 5.72. The van der Waals surface area contributed by atoms with Crippen LogP contribution in [0.15, 0.2) is 17.7 Å². The van der Waals surface area contributed by atoms with E-state index >= 15 is 0 Å². The Morgan fingerprint density at radius 1 is 1.47 bits per heavy atom. The molecule has 1 aliphatic carbocycles. The molecule has 94 valence electrons. The van der Waals surface area contributed by atoms with Gasteiger partial charge in [0.05, 0.1) is 11.1 Å². The number of alkyl halides is 1. The van der Waals surface area contributed by atoms with Gasteiger partial charge in [-0.15, -0.1) is 11.6 Å². The highest BCUT2D eigenvalue weighted by Crippen LogP contribution is 2.24. The third-order valence-corrected chi connectivity index (χ3v) is 3.72. The minimum Gasteiger partial charge on any atom is -0.269 e. The van der Waals surface area contributed by atoms with Crippen LogP contribution in [0.4, 0.5) is 0 Å². The van der Waals surface area contributed by atoms with Gasteiger partial charge in [-0.05, 0) is 38.7 Å². The molecule has 1 aliphatic rings. The third-order valence-electron chi connectivity index (χ3n) is 3.38. The van der Waals surface area contributed by atoms with Crippen molar-refractivity contribution in [3.05, 3.63) is 29.1 Å². The Labute approximate surface area is 109 Å². The van der Waals surface area contributed by atoms with E-state index in [0.29, 0.717) is 0 Å². The molecule has 0 fully saturated rings. The molecule has 0 aromatic carbocycles. The SMILES string of the molecule is CCc1cc(CC2=CC(Cl)CCC2)n(CC)n1. The molecule has 1 aromatic heterocycles. The van der Waals surface area contributed by atoms with Crippen LogP contribution in [0.3, 0.4) is 0 Å². The molecule has 0 spiro atoms. The quantitative estimate of drug-likeness (QED) is 0.590. The van der Waals surface area contributed by atoms with Gasteiger partial charge in [0.15, 0.2) is 0 Å². The summed E-state index contributed by atoms with van der Waals surface area (Å²) in [7, 11) is 0. The molecule has 2 nitrogen and oxygen atoms in total. The Balaban J connectivity index is 2.14. The van der Waals surface area contributed by atoms with Gasteiger partial charge >= 0.3 is 0 Å². The minimum atomic E-state index is 0.238. The Hall–Kier alpha value is -0.760. The lowest BCUT2D eigenvalue weighted by Gasteiger charge is -2.16. The second-order valence-electron chi connectivity index (χ2n) is 4.71. The van der Waals surface area contributed by atoms with Crippen LogP contribution in [0.5, 0.6) is 0 Å². The van der Waals surface area contributed by atoms with Gasteiger partial charge in [0.2, 0.25) is 0 Å². The summed E-state index contributed by atoms with van der Waals surface area (Å²) in [6.45, 7) is 5.25. The predicted molar refractivity (Wildman–Crippen MR) is 72.6 cm³/mol. The summed E-state index contributed by atoms with van der Waals surface area (Å²) in [5, 5.41) is 4.83. The first kappa shape index (κ1) is 12.7. The molecule has 3 heteroatoms. The molecule has 1 heterocycles. The number of aromatic nitrogens is 2. The van der Waals surface area contributed by atoms with E-state index in [1.165, 1.54) is 29.8 Å². The summed E-state index contributed by atoms with van der Waals surface area (Å²) in [6.07, 6.45) is 7.81. The highest BCUT2D eigenvalue weighted by atomic mass is 35.5. The van der Waals surface area contributed by atoms with E-state index in [-0.39, 0.29) is 5.38 Å². The van der Waals surface area contributed by atoms with Crippen molar-refractivity contribution in [2.45, 2.75) is 57.9 Å². The van der Waals surface area contributed by atoms with Gasteiger partial charge in [-0.1, -0.05) is 18.6 Å². The smallest absolute Gasteiger partial charge is 0.0624 e. The molecule has 1 atom stereocenters. The van der Waals surface area contributed by atoms with Crippen LogP contribution in [0, 0.1) is 0 Å². The lowest BCUT2D eigenvalue weighted by molar-refractivity contribution is 0.610. The molecule has 1 unspecified atom stereocenters. The Kier molecular flexibility index (Phi) is 4.27. The largest absolute Gasteiger partial charge is 0.269 e. The normalized spacial score (nSPS) is 20.4. The molecule has 0 amide bonds. The van der Waals surface area contributed by atoms with Crippen LogP contribution in [0.1, 0.15) is 44.5 Å². The fourth-order valence-electron chi connectivity index (χ4n) is 2.43. The first-order chi connectivity index (χ1) is 8.22. The molecule has 0 aliphatic heterocycles. The summed E-state index contributed by atoms with van der Waals surface area (Å²) < 4.78 is 2.12. The Bertz CT molecular complexity index is 406. The lowest BCUT2D eigenvalue weighted by Crippen LogP contribution is -2.08. The first-order valence-corrected chi connectivity index (χ1v) is 7.05. The number of hydrogen-bond donors (Lipinski definition) is 0. The van der Waals surface area contributed by atoms with Crippen molar-refractivity contribution in [3.63, 3.8) is 0 Å². The van der Waals surface area contributed by atoms with Crippen molar-refractivity contribution in [1.29, 1.82) is 0 Å². The molecule has 0 radical (unpaired) electrons. The van der Waals surface area contributed by atoms with Gasteiger partial charge < -0.3 is 0 Å². The average Bonchev–Trinajstić information content (AvgIpc) is 2.71. The van der Waals surface area contributed by atoms with E-state index in [0.717, 1.165) is 25.8 Å². The van der Waals surface area contributed by atoms with Crippen molar-refractivity contribution in [2.75, 3.05) is 0 Å². The zero-order chi connectivity index (χ0) is 12.3. The predicted octanol–water partition coefficient (Wildman–Crippen LogP) is 3.73. The van der Waals surface area contributed by atoms with Crippen molar-refractivity contribution in [3.8, 4) is 0 Å². The molecular weight excluding hydrogens is 232 g/mol. The first-order valence-electron chi connectivity index (χ1n) is 6.62. The van der Waals surface area contributed by atoms with Crippen LogP contribution in [0.2, 0.25) is 0 Å². The van der Waals surface area contributed by atoms with E-state index in [9.17, 15) is 0 Å². The van der Waals surface area contributed by atoms with Gasteiger partial charge in [-0.25, -0.2) is 0 Å². The van der Waals surface area contributed by atoms with Gasteiger partial charge in [0, 0.05) is 18.7 Å². The molecular formula is C14H21ClN2. The molecule has 0 saturated carbocycles. The number of allylic oxidation sites excluding steroid dienone is 2. The van der Waals surface area contributed by atoms with Crippen molar-refractivity contribution in [2.24, 2.45) is 0 Å². The van der Waals surface area contributed by atoms with Crippen molar-refractivity contribution < 1.29 is 0 Å². The Morgan fingerprint density at radius 2 is 2.29 bits per heavy atom. The van der Waals surface area contributed by atoms with Crippen LogP contribution >= 0.6 is 11.6 Å². The topological polar surface area (TPSA) is 17.8 Å². The summed E-state index contributed by atoms with van der Waals surface area (Å²) in [5.74, 6) is 0. The summed E-state index contributed by atoms with van der Waals surface area (Å²) in [5.41, 5.74) is 4.01. The van der Waals surface area contributed by atoms with Crippen molar-refractivity contribution >= 4 is 11.6 Å². The highest BCUT2D eigenvalue weighted by Gasteiger charge is 2.13. The summed E-state index contributed by atoms with van der Waals surface area (Å²) in [4.78, 5) is 0. The van der Waals surface area contributed by atoms with Gasteiger partial charge in [0.25, 0.3) is 0 Å². The Morgan fingerprint density at radius 3 is 2.94 bits per heavy atom. The van der Waals surface area contributed by atoms with E-state index in [4.69, 9.17) is 11.6 Å². The number of halogens is 1. The van der Waals surface area contributed by atoms with Crippen LogP contribution in [-0.4, -0.2) is 15.2 Å². The maximum atomic E-state index is 6.18. The number of aryl methyl sites for hydroxylation is 2. The van der Waals surface area contributed by atoms with Gasteiger partial charge in [0.1, 0.15) is 0 Å². The summed E-state index contributed by atoms with van der Waals surface area (Å²) >= 11 is 6.18. The van der Waals surface area contributed by atoms with Crippen LogP contribution < -0.4 is 0 Å².